The molecule has 2 aromatic rings. The van der Waals surface area contributed by atoms with Crippen molar-refractivity contribution in [1.82, 2.24) is 20.3 Å². The molecule has 0 spiro atoms. The van der Waals surface area contributed by atoms with Crippen molar-refractivity contribution in [2.45, 2.75) is 32.4 Å². The maximum Gasteiger partial charge on any atom is 0.0692 e. The summed E-state index contributed by atoms with van der Waals surface area (Å²) in [4.78, 5) is 0. The van der Waals surface area contributed by atoms with E-state index >= 15 is 0 Å². The van der Waals surface area contributed by atoms with Crippen molar-refractivity contribution in [3.8, 4) is 0 Å². The average Bonchev–Trinajstić information content (AvgIpc) is 2.91. The first-order valence-electron chi connectivity index (χ1n) is 6.56. The van der Waals surface area contributed by atoms with Crippen LogP contribution >= 0.6 is 11.6 Å². The Balaban J connectivity index is 1.64. The van der Waals surface area contributed by atoms with Gasteiger partial charge in [-0.15, -0.1) is 5.10 Å². The van der Waals surface area contributed by atoms with Crippen molar-refractivity contribution >= 4 is 11.6 Å². The Morgan fingerprint density at radius 3 is 2.79 bits per heavy atom. The number of benzene rings is 1. The highest BCUT2D eigenvalue weighted by molar-refractivity contribution is 6.30. The monoisotopic (exact) mass is 278 g/mol. The fourth-order valence-corrected chi connectivity index (χ4v) is 2.11. The Kier molecular flexibility index (Phi) is 5.36. The summed E-state index contributed by atoms with van der Waals surface area (Å²) in [6.45, 7) is 4.08. The molecule has 0 bridgehead atoms. The van der Waals surface area contributed by atoms with E-state index in [0.717, 1.165) is 31.0 Å². The first kappa shape index (κ1) is 14.0. The number of rotatable bonds is 7. The van der Waals surface area contributed by atoms with Gasteiger partial charge in [0.05, 0.1) is 6.20 Å². The van der Waals surface area contributed by atoms with Crippen LogP contribution in [0.3, 0.4) is 0 Å². The number of nitrogens with one attached hydrogen (secondary N) is 1. The second kappa shape index (κ2) is 7.26. The summed E-state index contributed by atoms with van der Waals surface area (Å²) < 4.78 is 1.85. The molecule has 5 heteroatoms. The maximum absolute atomic E-state index is 5.87. The van der Waals surface area contributed by atoms with E-state index in [4.69, 9.17) is 11.6 Å². The van der Waals surface area contributed by atoms with Crippen LogP contribution in [0.15, 0.2) is 36.7 Å². The van der Waals surface area contributed by atoms with Gasteiger partial charge in [0.15, 0.2) is 0 Å². The van der Waals surface area contributed by atoms with Gasteiger partial charge in [-0.1, -0.05) is 28.9 Å². The Hall–Kier alpha value is -1.39. The number of aryl methyl sites for hydroxylation is 1. The molecule has 102 valence electrons. The molecule has 0 saturated heterocycles. The predicted molar refractivity (Wildman–Crippen MR) is 77.3 cm³/mol. The first-order chi connectivity index (χ1) is 9.24. The van der Waals surface area contributed by atoms with Gasteiger partial charge in [0.2, 0.25) is 0 Å². The first-order valence-corrected chi connectivity index (χ1v) is 6.94. The smallest absolute Gasteiger partial charge is 0.0692 e. The molecule has 1 aromatic carbocycles. The Morgan fingerprint density at radius 2 is 2.11 bits per heavy atom. The van der Waals surface area contributed by atoms with Gasteiger partial charge in [0, 0.05) is 23.8 Å². The number of hydrogen-bond acceptors (Lipinski definition) is 3. The SMILES string of the molecule is CC(Cc1ccc(Cl)cc1)NCCCn1ccnn1. The highest BCUT2D eigenvalue weighted by atomic mass is 35.5. The van der Waals surface area contributed by atoms with Gasteiger partial charge in [-0.2, -0.15) is 0 Å². The molecule has 0 fully saturated rings. The van der Waals surface area contributed by atoms with Crippen LogP contribution in [0.2, 0.25) is 5.02 Å². The molecule has 1 N–H and O–H groups in total. The topological polar surface area (TPSA) is 42.7 Å². The molecule has 0 saturated carbocycles. The molecule has 0 aliphatic rings. The molecule has 0 aliphatic carbocycles. The van der Waals surface area contributed by atoms with Gasteiger partial charge in [-0.25, -0.2) is 0 Å². The molecule has 1 atom stereocenters. The van der Waals surface area contributed by atoms with E-state index in [-0.39, 0.29) is 0 Å². The van der Waals surface area contributed by atoms with Gasteiger partial charge in [0.25, 0.3) is 0 Å². The zero-order valence-corrected chi connectivity index (χ0v) is 11.8. The summed E-state index contributed by atoms with van der Waals surface area (Å²) >= 11 is 5.87. The third-order valence-electron chi connectivity index (χ3n) is 2.98. The molecule has 1 unspecified atom stereocenters. The van der Waals surface area contributed by atoms with E-state index < -0.39 is 0 Å². The van der Waals surface area contributed by atoms with Crippen molar-refractivity contribution in [2.75, 3.05) is 6.54 Å². The van der Waals surface area contributed by atoms with E-state index in [2.05, 4.69) is 34.7 Å². The lowest BCUT2D eigenvalue weighted by atomic mass is 10.1. The van der Waals surface area contributed by atoms with Gasteiger partial charge in [-0.3, -0.25) is 4.68 Å². The summed E-state index contributed by atoms with van der Waals surface area (Å²) in [6.07, 6.45) is 5.66. The van der Waals surface area contributed by atoms with E-state index in [9.17, 15) is 0 Å². The van der Waals surface area contributed by atoms with Crippen LogP contribution in [0.4, 0.5) is 0 Å². The standard InChI is InChI=1S/C14H19ClN4/c1-12(11-13-3-5-14(15)6-4-13)16-7-2-9-19-10-8-17-18-19/h3-6,8,10,12,16H,2,7,9,11H2,1H3. The molecule has 0 aliphatic heterocycles. The minimum Gasteiger partial charge on any atom is -0.314 e. The molecule has 1 heterocycles. The van der Waals surface area contributed by atoms with Crippen molar-refractivity contribution in [3.05, 3.63) is 47.2 Å². The zero-order valence-electron chi connectivity index (χ0n) is 11.1. The fourth-order valence-electron chi connectivity index (χ4n) is 1.99. The van der Waals surface area contributed by atoms with Gasteiger partial charge >= 0.3 is 0 Å². The van der Waals surface area contributed by atoms with Crippen LogP contribution in [0.1, 0.15) is 18.9 Å². The van der Waals surface area contributed by atoms with Crippen molar-refractivity contribution in [2.24, 2.45) is 0 Å². The summed E-state index contributed by atoms with van der Waals surface area (Å²) in [5.41, 5.74) is 1.31. The molecule has 0 radical (unpaired) electrons. The molecule has 19 heavy (non-hydrogen) atoms. The second-order valence-corrected chi connectivity index (χ2v) is 5.14. The largest absolute Gasteiger partial charge is 0.314 e. The van der Waals surface area contributed by atoms with E-state index in [0.29, 0.717) is 6.04 Å². The van der Waals surface area contributed by atoms with Crippen molar-refractivity contribution in [3.63, 3.8) is 0 Å². The predicted octanol–water partition coefficient (Wildman–Crippen LogP) is 2.54. The van der Waals surface area contributed by atoms with Crippen LogP contribution in [0.25, 0.3) is 0 Å². The normalized spacial score (nSPS) is 12.5. The van der Waals surface area contributed by atoms with Crippen LogP contribution in [-0.2, 0) is 13.0 Å². The number of nitrogens with zero attached hydrogens (tertiary/aromatic N) is 3. The Morgan fingerprint density at radius 1 is 1.32 bits per heavy atom. The summed E-state index contributed by atoms with van der Waals surface area (Å²) in [6, 6.07) is 8.49. The molecule has 1 aromatic heterocycles. The van der Waals surface area contributed by atoms with E-state index in [1.54, 1.807) is 6.20 Å². The van der Waals surface area contributed by atoms with Crippen molar-refractivity contribution < 1.29 is 0 Å². The van der Waals surface area contributed by atoms with Crippen molar-refractivity contribution in [1.29, 1.82) is 0 Å². The van der Waals surface area contributed by atoms with Crippen LogP contribution < -0.4 is 5.32 Å². The fraction of sp³-hybridized carbons (Fsp3) is 0.429. The maximum atomic E-state index is 5.87. The third-order valence-corrected chi connectivity index (χ3v) is 3.24. The van der Waals surface area contributed by atoms with Crippen LogP contribution in [0, 0.1) is 0 Å². The lowest BCUT2D eigenvalue weighted by Gasteiger charge is -2.13. The minimum atomic E-state index is 0.455. The summed E-state index contributed by atoms with van der Waals surface area (Å²) in [5.74, 6) is 0. The lowest BCUT2D eigenvalue weighted by molar-refractivity contribution is 0.489. The third kappa shape index (κ3) is 5.01. The molecule has 0 amide bonds. The lowest BCUT2D eigenvalue weighted by Crippen LogP contribution is -2.29. The van der Waals surface area contributed by atoms with Crippen LogP contribution in [0.5, 0.6) is 0 Å². The molecular formula is C14H19ClN4. The Bertz CT molecular complexity index is 467. The highest BCUT2D eigenvalue weighted by Crippen LogP contribution is 2.10. The number of halogens is 1. The average molecular weight is 279 g/mol. The summed E-state index contributed by atoms with van der Waals surface area (Å²) in [5, 5.41) is 12.0. The second-order valence-electron chi connectivity index (χ2n) is 4.71. The van der Waals surface area contributed by atoms with Gasteiger partial charge in [0.1, 0.15) is 0 Å². The number of hydrogen-bond donors (Lipinski definition) is 1. The minimum absolute atomic E-state index is 0.455. The van der Waals surface area contributed by atoms with Gasteiger partial charge in [-0.05, 0) is 44.0 Å². The molecule has 2 rings (SSSR count). The van der Waals surface area contributed by atoms with Crippen LogP contribution in [-0.4, -0.2) is 27.6 Å². The zero-order chi connectivity index (χ0) is 13.5. The quantitative estimate of drug-likeness (QED) is 0.792. The van der Waals surface area contributed by atoms with Gasteiger partial charge < -0.3 is 5.32 Å². The van der Waals surface area contributed by atoms with E-state index in [1.165, 1.54) is 5.56 Å². The van der Waals surface area contributed by atoms with E-state index in [1.807, 2.05) is 23.0 Å². The molecular weight excluding hydrogens is 260 g/mol. The Labute approximate surface area is 118 Å². The highest BCUT2D eigenvalue weighted by Gasteiger charge is 2.02. The summed E-state index contributed by atoms with van der Waals surface area (Å²) in [7, 11) is 0. The number of aromatic nitrogens is 3. The molecule has 4 nitrogen and oxygen atoms in total.